The molecule has 2 aromatic rings. The van der Waals surface area contributed by atoms with Gasteiger partial charge in [-0.2, -0.15) is 0 Å². The molecule has 102 valence electrons. The van der Waals surface area contributed by atoms with E-state index >= 15 is 0 Å². The van der Waals surface area contributed by atoms with Crippen LogP contribution in [0.1, 0.15) is 20.7 Å². The lowest BCUT2D eigenvalue weighted by molar-refractivity contribution is 0.0696. The summed E-state index contributed by atoms with van der Waals surface area (Å²) in [4.78, 5) is 26.7. The van der Waals surface area contributed by atoms with E-state index in [4.69, 9.17) is 28.3 Å². The molecule has 20 heavy (non-hydrogen) atoms. The summed E-state index contributed by atoms with van der Waals surface area (Å²) in [6, 6.07) is 5.49. The van der Waals surface area contributed by atoms with E-state index in [2.05, 4.69) is 10.3 Å². The summed E-state index contributed by atoms with van der Waals surface area (Å²) >= 11 is 11.8. The first-order chi connectivity index (χ1) is 9.49. The maximum absolute atomic E-state index is 12.0. The minimum absolute atomic E-state index is 0.0157. The van der Waals surface area contributed by atoms with Crippen LogP contribution < -0.4 is 5.32 Å². The van der Waals surface area contributed by atoms with Gasteiger partial charge in [0.05, 0.1) is 26.9 Å². The molecule has 0 fully saturated rings. The third kappa shape index (κ3) is 3.07. The third-order valence-corrected chi connectivity index (χ3v) is 3.13. The smallest absolute Gasteiger partial charge is 0.335 e. The van der Waals surface area contributed by atoms with Crippen LogP contribution in [0.15, 0.2) is 36.7 Å². The normalized spacial score (nSPS) is 10.1. The molecular weight excluding hydrogens is 303 g/mol. The number of amides is 1. The second kappa shape index (κ2) is 5.90. The summed E-state index contributed by atoms with van der Waals surface area (Å²) in [7, 11) is 0. The number of carboxylic acid groups (broad SMARTS) is 1. The van der Waals surface area contributed by atoms with Gasteiger partial charge in [-0.3, -0.25) is 9.78 Å². The molecule has 2 N–H and O–H groups in total. The summed E-state index contributed by atoms with van der Waals surface area (Å²) in [5, 5.41) is 11.9. The molecule has 0 spiro atoms. The highest BCUT2D eigenvalue weighted by Gasteiger charge is 2.14. The van der Waals surface area contributed by atoms with E-state index in [9.17, 15) is 9.59 Å². The lowest BCUT2D eigenvalue weighted by atomic mass is 10.2. The van der Waals surface area contributed by atoms with E-state index in [-0.39, 0.29) is 26.9 Å². The van der Waals surface area contributed by atoms with Crippen LogP contribution in [0.3, 0.4) is 0 Å². The van der Waals surface area contributed by atoms with Gasteiger partial charge in [0.15, 0.2) is 0 Å². The monoisotopic (exact) mass is 310 g/mol. The standard InChI is InChI=1S/C13H8Cl2N2O3/c14-9-3-4-16-6-8(9)12(18)17-11-5-7(13(19)20)1-2-10(11)15/h1-6H,(H,17,18)(H,19,20). The number of carbonyl (C=O) groups excluding carboxylic acids is 1. The van der Waals surface area contributed by atoms with Crippen molar-refractivity contribution < 1.29 is 14.7 Å². The molecule has 1 aromatic heterocycles. The van der Waals surface area contributed by atoms with Crippen LogP contribution in [0.5, 0.6) is 0 Å². The topological polar surface area (TPSA) is 79.3 Å². The summed E-state index contributed by atoms with van der Waals surface area (Å²) in [6.07, 6.45) is 2.77. The minimum Gasteiger partial charge on any atom is -0.478 e. The van der Waals surface area contributed by atoms with Gasteiger partial charge in [-0.1, -0.05) is 23.2 Å². The molecule has 0 atom stereocenters. The van der Waals surface area contributed by atoms with Gasteiger partial charge in [-0.05, 0) is 24.3 Å². The summed E-state index contributed by atoms with van der Waals surface area (Å²) < 4.78 is 0. The van der Waals surface area contributed by atoms with Crippen molar-refractivity contribution in [2.75, 3.05) is 5.32 Å². The fourth-order valence-electron chi connectivity index (χ4n) is 1.49. The molecule has 0 saturated heterocycles. The van der Waals surface area contributed by atoms with Crippen LogP contribution in [0, 0.1) is 0 Å². The molecule has 0 saturated carbocycles. The van der Waals surface area contributed by atoms with Crippen molar-refractivity contribution in [2.45, 2.75) is 0 Å². The predicted octanol–water partition coefficient (Wildman–Crippen LogP) is 3.34. The SMILES string of the molecule is O=C(O)c1ccc(Cl)c(NC(=O)c2cnccc2Cl)c1. The van der Waals surface area contributed by atoms with Gasteiger partial charge in [0.2, 0.25) is 0 Å². The Morgan fingerprint density at radius 1 is 1.15 bits per heavy atom. The van der Waals surface area contributed by atoms with Gasteiger partial charge in [-0.25, -0.2) is 4.79 Å². The highest BCUT2D eigenvalue weighted by molar-refractivity contribution is 6.36. The Morgan fingerprint density at radius 3 is 2.55 bits per heavy atom. The first-order valence-electron chi connectivity index (χ1n) is 5.42. The number of carbonyl (C=O) groups is 2. The maximum Gasteiger partial charge on any atom is 0.335 e. The highest BCUT2D eigenvalue weighted by Crippen LogP contribution is 2.24. The Morgan fingerprint density at radius 2 is 1.90 bits per heavy atom. The van der Waals surface area contributed by atoms with E-state index in [1.807, 2.05) is 0 Å². The molecular formula is C13H8Cl2N2O3. The number of aromatic nitrogens is 1. The maximum atomic E-state index is 12.0. The summed E-state index contributed by atoms with van der Waals surface area (Å²) in [5.41, 5.74) is 0.379. The Balaban J connectivity index is 2.30. The number of pyridine rings is 1. The summed E-state index contributed by atoms with van der Waals surface area (Å²) in [6.45, 7) is 0. The van der Waals surface area contributed by atoms with E-state index in [1.54, 1.807) is 0 Å². The van der Waals surface area contributed by atoms with Gasteiger partial charge in [0, 0.05) is 12.4 Å². The Hall–Kier alpha value is -2.11. The molecule has 0 unspecified atom stereocenters. The van der Waals surface area contributed by atoms with E-state index in [1.165, 1.54) is 36.7 Å². The van der Waals surface area contributed by atoms with Crippen LogP contribution in [-0.2, 0) is 0 Å². The average molecular weight is 311 g/mol. The van der Waals surface area contributed by atoms with Gasteiger partial charge < -0.3 is 10.4 Å². The molecule has 2 rings (SSSR count). The molecule has 0 bridgehead atoms. The number of hydrogen-bond acceptors (Lipinski definition) is 3. The molecule has 1 amide bonds. The number of carboxylic acids is 1. The largest absolute Gasteiger partial charge is 0.478 e. The van der Waals surface area contributed by atoms with Crippen molar-refractivity contribution in [1.82, 2.24) is 4.98 Å². The average Bonchev–Trinajstić information content (AvgIpc) is 2.41. The molecule has 1 heterocycles. The zero-order chi connectivity index (χ0) is 14.7. The van der Waals surface area contributed by atoms with Crippen LogP contribution in [0.25, 0.3) is 0 Å². The number of anilines is 1. The van der Waals surface area contributed by atoms with Crippen molar-refractivity contribution in [3.63, 3.8) is 0 Å². The van der Waals surface area contributed by atoms with Crippen LogP contribution in [-0.4, -0.2) is 22.0 Å². The van der Waals surface area contributed by atoms with Crippen LogP contribution in [0.4, 0.5) is 5.69 Å². The fraction of sp³-hybridized carbons (Fsp3) is 0. The second-order valence-corrected chi connectivity index (χ2v) is 4.62. The van der Waals surface area contributed by atoms with E-state index in [0.717, 1.165) is 0 Å². The van der Waals surface area contributed by atoms with Crippen LogP contribution in [0.2, 0.25) is 10.0 Å². The number of aromatic carboxylic acids is 1. The number of nitrogens with one attached hydrogen (secondary N) is 1. The third-order valence-electron chi connectivity index (χ3n) is 2.47. The van der Waals surface area contributed by atoms with Crippen LogP contribution >= 0.6 is 23.2 Å². The lowest BCUT2D eigenvalue weighted by Crippen LogP contribution is -2.13. The predicted molar refractivity (Wildman–Crippen MR) is 75.6 cm³/mol. The van der Waals surface area contributed by atoms with Gasteiger partial charge >= 0.3 is 5.97 Å². The van der Waals surface area contributed by atoms with Crippen molar-refractivity contribution in [3.05, 3.63) is 57.8 Å². The second-order valence-electron chi connectivity index (χ2n) is 3.81. The molecule has 0 aliphatic carbocycles. The molecule has 0 aliphatic heterocycles. The number of hydrogen-bond donors (Lipinski definition) is 2. The first kappa shape index (κ1) is 14.3. The number of benzene rings is 1. The van der Waals surface area contributed by atoms with E-state index in [0.29, 0.717) is 0 Å². The van der Waals surface area contributed by atoms with Crippen molar-refractivity contribution in [1.29, 1.82) is 0 Å². The van der Waals surface area contributed by atoms with Gasteiger partial charge in [0.1, 0.15) is 0 Å². The molecule has 7 heteroatoms. The summed E-state index contributed by atoms with van der Waals surface area (Å²) in [5.74, 6) is -1.64. The van der Waals surface area contributed by atoms with Crippen molar-refractivity contribution in [2.24, 2.45) is 0 Å². The van der Waals surface area contributed by atoms with Crippen molar-refractivity contribution in [3.8, 4) is 0 Å². The Kier molecular flexibility index (Phi) is 4.22. The molecule has 0 radical (unpaired) electrons. The first-order valence-corrected chi connectivity index (χ1v) is 6.18. The zero-order valence-corrected chi connectivity index (χ0v) is 11.4. The van der Waals surface area contributed by atoms with Gasteiger partial charge in [-0.15, -0.1) is 0 Å². The molecule has 1 aromatic carbocycles. The number of nitrogens with zero attached hydrogens (tertiary/aromatic N) is 1. The lowest BCUT2D eigenvalue weighted by Gasteiger charge is -2.08. The molecule has 5 nitrogen and oxygen atoms in total. The molecule has 0 aliphatic rings. The van der Waals surface area contributed by atoms with E-state index < -0.39 is 11.9 Å². The Bertz CT molecular complexity index is 689. The minimum atomic E-state index is -1.11. The fourth-order valence-corrected chi connectivity index (χ4v) is 1.84. The number of halogens is 2. The Labute approximate surface area is 124 Å². The highest BCUT2D eigenvalue weighted by atomic mass is 35.5. The quantitative estimate of drug-likeness (QED) is 0.911. The zero-order valence-electron chi connectivity index (χ0n) is 9.93. The van der Waals surface area contributed by atoms with Gasteiger partial charge in [0.25, 0.3) is 5.91 Å². The van der Waals surface area contributed by atoms with Crippen molar-refractivity contribution >= 4 is 40.8 Å². The number of rotatable bonds is 3.